The minimum absolute atomic E-state index is 0. The average molecular weight is 963 g/mol. The van der Waals surface area contributed by atoms with Crippen LogP contribution in [0.4, 0.5) is 0 Å². The molecule has 0 unspecified atom stereocenters. The van der Waals surface area contributed by atoms with Crippen molar-refractivity contribution in [2.45, 2.75) is 0 Å². The summed E-state index contributed by atoms with van der Waals surface area (Å²) in [5.74, 6) is 0.923. The van der Waals surface area contributed by atoms with Gasteiger partial charge < -0.3 is 15.3 Å². The fraction of sp³-hybridized carbons (Fsp3) is 0. The van der Waals surface area contributed by atoms with Crippen molar-refractivity contribution in [3.8, 4) is 49.0 Å². The Labute approximate surface area is 394 Å². The number of fused-ring (bicyclic) bond motifs is 6. The van der Waals surface area contributed by atoms with Crippen LogP contribution >= 0.6 is 34.0 Å². The molecule has 3 heterocycles. The summed E-state index contributed by atoms with van der Waals surface area (Å²) < 4.78 is 3.40. The first-order valence-corrected chi connectivity index (χ1v) is 21.6. The topological polar surface area (TPSA) is 99.4 Å². The van der Waals surface area contributed by atoms with Crippen molar-refractivity contribution in [1.82, 2.24) is 15.0 Å². The third kappa shape index (κ3) is 8.35. The Balaban J connectivity index is 0.000000126. The normalized spacial score (nSPS) is 10.8. The van der Waals surface area contributed by atoms with Crippen molar-refractivity contribution in [2.75, 3.05) is 0 Å². The molecule has 12 rings (SSSR count). The molecule has 292 valence electrons. The van der Waals surface area contributed by atoms with E-state index < -0.39 is 0 Å². The molecule has 0 bridgehead atoms. The standard InChI is InChI=1S/3C17H11NOS.2Zn/c3*19-16-12-6-2-1-5-11(12)9-10-13(16)17-18-14-7-3-4-8-15(14)20-17;;/h3*1-10,19H;;. The Kier molecular flexibility index (Phi) is 12.8. The van der Waals surface area contributed by atoms with Crippen LogP contribution in [0.1, 0.15) is 0 Å². The minimum Gasteiger partial charge on any atom is -0.507 e. The second-order valence-corrected chi connectivity index (χ2v) is 17.1. The molecule has 0 saturated heterocycles. The van der Waals surface area contributed by atoms with Crippen LogP contribution in [0.15, 0.2) is 182 Å². The third-order valence-corrected chi connectivity index (χ3v) is 13.5. The summed E-state index contributed by atoms with van der Waals surface area (Å²) in [6.07, 6.45) is 0. The summed E-state index contributed by atoms with van der Waals surface area (Å²) in [5, 5.41) is 39.8. The zero-order valence-corrected chi connectivity index (χ0v) is 41.5. The van der Waals surface area contributed by atoms with Gasteiger partial charge in [0, 0.05) is 55.1 Å². The molecule has 0 atom stereocenters. The number of phenolic OH excluding ortho intramolecular Hbond substituents is 3. The van der Waals surface area contributed by atoms with Crippen molar-refractivity contribution >= 4 is 97.0 Å². The quantitative estimate of drug-likeness (QED) is 0.153. The second-order valence-electron chi connectivity index (χ2n) is 14.0. The number of para-hydroxylation sites is 3. The minimum atomic E-state index is 0. The summed E-state index contributed by atoms with van der Waals surface area (Å²) in [4.78, 5) is 13.8. The van der Waals surface area contributed by atoms with E-state index in [0.29, 0.717) is 17.2 Å². The number of hydrogen-bond acceptors (Lipinski definition) is 9. The van der Waals surface area contributed by atoms with Crippen LogP contribution in [0.2, 0.25) is 0 Å². The zero-order chi connectivity index (χ0) is 40.6. The van der Waals surface area contributed by atoms with Gasteiger partial charge >= 0.3 is 0 Å². The van der Waals surface area contributed by atoms with Crippen LogP contribution in [0.25, 0.3) is 94.7 Å². The van der Waals surface area contributed by atoms with Gasteiger partial charge in [-0.3, -0.25) is 0 Å². The Bertz CT molecular complexity index is 3060. The van der Waals surface area contributed by atoms with E-state index in [0.717, 1.165) is 94.7 Å². The van der Waals surface area contributed by atoms with Crippen LogP contribution in [-0.4, -0.2) is 30.3 Å². The molecule has 0 fully saturated rings. The van der Waals surface area contributed by atoms with Gasteiger partial charge in [0.15, 0.2) is 0 Å². The molecule has 0 spiro atoms. The van der Waals surface area contributed by atoms with E-state index in [2.05, 4.69) is 33.2 Å². The number of aromatic nitrogens is 3. The van der Waals surface area contributed by atoms with Gasteiger partial charge in [0.2, 0.25) is 0 Å². The maximum absolute atomic E-state index is 10.5. The Morgan fingerprint density at radius 2 is 0.548 bits per heavy atom. The van der Waals surface area contributed by atoms with Crippen LogP contribution in [0, 0.1) is 0 Å². The number of nitrogens with zero attached hydrogens (tertiary/aromatic N) is 3. The Morgan fingerprint density at radius 3 is 0.839 bits per heavy atom. The van der Waals surface area contributed by atoms with Crippen LogP contribution in [0.3, 0.4) is 0 Å². The number of aromatic hydroxyl groups is 3. The zero-order valence-electron chi connectivity index (χ0n) is 33.1. The SMILES string of the molecule is Oc1c(-c2nc3ccccc3s2)ccc2ccccc12.Oc1c(-c2nc3ccccc3s2)ccc2ccccc12.Oc1c(-c2nc3ccccc3s2)ccc2ccccc12.[Zn].[Zn]. The number of phenols is 3. The average Bonchev–Trinajstić information content (AvgIpc) is 4.05. The van der Waals surface area contributed by atoms with Crippen molar-refractivity contribution in [1.29, 1.82) is 0 Å². The second kappa shape index (κ2) is 18.6. The van der Waals surface area contributed by atoms with Crippen LogP contribution < -0.4 is 0 Å². The van der Waals surface area contributed by atoms with Crippen molar-refractivity contribution < 1.29 is 54.3 Å². The summed E-state index contributed by atoms with van der Waals surface area (Å²) in [6, 6.07) is 59.5. The van der Waals surface area contributed by atoms with E-state index in [1.807, 2.05) is 164 Å². The van der Waals surface area contributed by atoms with Gasteiger partial charge in [-0.25, -0.2) is 15.0 Å². The summed E-state index contributed by atoms with van der Waals surface area (Å²) in [7, 11) is 0. The van der Waals surface area contributed by atoms with Gasteiger partial charge in [-0.15, -0.1) is 34.0 Å². The number of benzene rings is 9. The fourth-order valence-corrected chi connectivity index (χ4v) is 10.2. The molecule has 0 amide bonds. The summed E-state index contributed by atoms with van der Waals surface area (Å²) in [5.41, 5.74) is 5.31. The summed E-state index contributed by atoms with van der Waals surface area (Å²) in [6.45, 7) is 0. The Morgan fingerprint density at radius 1 is 0.290 bits per heavy atom. The monoisotopic (exact) mass is 959 g/mol. The van der Waals surface area contributed by atoms with Gasteiger partial charge in [-0.1, -0.05) is 127 Å². The molecule has 0 saturated carbocycles. The predicted octanol–water partition coefficient (Wildman–Crippen LogP) is 14.5. The van der Waals surface area contributed by atoms with E-state index in [9.17, 15) is 15.3 Å². The number of thiazole rings is 3. The molecular formula is C51H33N3O3S3Zn2. The molecule has 3 N–H and O–H groups in total. The van der Waals surface area contributed by atoms with Crippen LogP contribution in [-0.2, 0) is 39.0 Å². The fourth-order valence-electron chi connectivity index (χ4n) is 7.25. The van der Waals surface area contributed by atoms with Gasteiger partial charge in [0.05, 0.1) is 47.3 Å². The largest absolute Gasteiger partial charge is 0.507 e. The molecule has 3 aromatic heterocycles. The molecular weight excluding hydrogens is 930 g/mol. The first-order valence-electron chi connectivity index (χ1n) is 19.2. The molecule has 12 aromatic rings. The van der Waals surface area contributed by atoms with E-state index in [1.165, 1.54) is 0 Å². The van der Waals surface area contributed by atoms with E-state index in [4.69, 9.17) is 0 Å². The van der Waals surface area contributed by atoms with Crippen LogP contribution in [0.5, 0.6) is 17.2 Å². The molecule has 62 heavy (non-hydrogen) atoms. The van der Waals surface area contributed by atoms with Crippen molar-refractivity contribution in [3.63, 3.8) is 0 Å². The van der Waals surface area contributed by atoms with E-state index >= 15 is 0 Å². The molecule has 6 nitrogen and oxygen atoms in total. The number of hydrogen-bond donors (Lipinski definition) is 3. The molecule has 9 aromatic carbocycles. The maximum atomic E-state index is 10.5. The third-order valence-electron chi connectivity index (χ3n) is 10.3. The van der Waals surface area contributed by atoms with Crippen molar-refractivity contribution in [2.24, 2.45) is 0 Å². The molecule has 0 aliphatic carbocycles. The molecule has 0 aliphatic rings. The molecule has 11 heteroatoms. The maximum Gasteiger partial charge on any atom is 0.133 e. The molecule has 0 aliphatic heterocycles. The van der Waals surface area contributed by atoms with Gasteiger partial charge in [0.1, 0.15) is 32.3 Å². The van der Waals surface area contributed by atoms with Gasteiger partial charge in [-0.2, -0.15) is 0 Å². The summed E-state index contributed by atoms with van der Waals surface area (Å²) >= 11 is 4.81. The Hall–Kier alpha value is -5.92. The number of rotatable bonds is 3. The first-order chi connectivity index (χ1) is 29.5. The smallest absolute Gasteiger partial charge is 0.133 e. The first kappa shape index (κ1) is 42.8. The van der Waals surface area contributed by atoms with Gasteiger partial charge in [-0.05, 0) is 70.8 Å². The molecule has 0 radical (unpaired) electrons. The van der Waals surface area contributed by atoms with E-state index in [1.54, 1.807) is 34.0 Å². The van der Waals surface area contributed by atoms with Crippen molar-refractivity contribution in [3.05, 3.63) is 182 Å². The van der Waals surface area contributed by atoms with Gasteiger partial charge in [0.25, 0.3) is 0 Å². The predicted molar refractivity (Wildman–Crippen MR) is 253 cm³/mol. The van der Waals surface area contributed by atoms with E-state index in [-0.39, 0.29) is 39.0 Å².